The summed E-state index contributed by atoms with van der Waals surface area (Å²) >= 11 is 11.3. The second kappa shape index (κ2) is 4.05. The monoisotopic (exact) mass is 243 g/mol. The van der Waals surface area contributed by atoms with Crippen LogP contribution in [0.25, 0.3) is 10.9 Å². The quantitative estimate of drug-likeness (QED) is 0.800. The molecule has 0 saturated carbocycles. The van der Waals surface area contributed by atoms with Crippen LogP contribution in [0.5, 0.6) is 0 Å². The zero-order valence-electron chi connectivity index (χ0n) is 8.00. The third-order valence-corrected chi connectivity index (χ3v) is 3.14. The van der Waals surface area contributed by atoms with E-state index in [0.717, 1.165) is 16.5 Å². The molecule has 0 radical (unpaired) electrons. The molecule has 1 atom stereocenters. The molecule has 4 heteroatoms. The van der Waals surface area contributed by atoms with Crippen LogP contribution in [0.4, 0.5) is 0 Å². The maximum atomic E-state index is 9.63. The van der Waals surface area contributed by atoms with Crippen LogP contribution < -0.4 is 0 Å². The Labute approximate surface area is 97.8 Å². The molecule has 80 valence electrons. The van der Waals surface area contributed by atoms with E-state index in [9.17, 15) is 5.11 Å². The van der Waals surface area contributed by atoms with E-state index in [4.69, 9.17) is 23.2 Å². The lowest BCUT2D eigenvalue weighted by atomic mass is 10.1. The molecule has 0 aliphatic carbocycles. The molecule has 1 aromatic heterocycles. The highest BCUT2D eigenvalue weighted by molar-refractivity contribution is 6.29. The fourth-order valence-corrected chi connectivity index (χ4v) is 1.82. The Morgan fingerprint density at radius 1 is 1.33 bits per heavy atom. The maximum absolute atomic E-state index is 9.63. The van der Waals surface area contributed by atoms with Gasteiger partial charge in [-0.1, -0.05) is 17.7 Å². The van der Waals surface area contributed by atoms with Crippen molar-refractivity contribution in [1.29, 1.82) is 0 Å². The second-order valence-electron chi connectivity index (χ2n) is 3.63. The summed E-state index contributed by atoms with van der Waals surface area (Å²) in [5.41, 5.74) is 2.04. The molecule has 0 aliphatic rings. The summed E-state index contributed by atoms with van der Waals surface area (Å²) in [5, 5.41) is 9.38. The van der Waals surface area contributed by atoms with E-state index >= 15 is 0 Å². The number of aliphatic hydroxyl groups is 1. The number of H-pyrrole nitrogens is 1. The minimum absolute atomic E-state index is 0.0136. The summed E-state index contributed by atoms with van der Waals surface area (Å²) < 4.78 is 0. The molecule has 15 heavy (non-hydrogen) atoms. The van der Waals surface area contributed by atoms with Crippen molar-refractivity contribution in [1.82, 2.24) is 4.98 Å². The Hall–Kier alpha value is -0.700. The number of aromatic nitrogens is 1. The molecule has 1 heterocycles. The average Bonchev–Trinajstić information content (AvgIpc) is 2.64. The molecular formula is C11H11Cl2NO. The lowest BCUT2D eigenvalue weighted by molar-refractivity contribution is 0.153. The Kier molecular flexibility index (Phi) is 2.91. The number of benzene rings is 1. The third kappa shape index (κ3) is 2.46. The fraction of sp³-hybridized carbons (Fsp3) is 0.273. The van der Waals surface area contributed by atoms with Crippen molar-refractivity contribution in [2.45, 2.75) is 11.5 Å². The summed E-state index contributed by atoms with van der Waals surface area (Å²) in [5.74, 6) is 0.0136. The van der Waals surface area contributed by atoms with Gasteiger partial charge < -0.3 is 10.1 Å². The summed E-state index contributed by atoms with van der Waals surface area (Å²) in [6.07, 6.45) is 2.22. The topological polar surface area (TPSA) is 36.0 Å². The zero-order chi connectivity index (χ0) is 10.9. The Morgan fingerprint density at radius 3 is 2.87 bits per heavy atom. The Morgan fingerprint density at radius 2 is 2.13 bits per heavy atom. The molecule has 2 aromatic rings. The van der Waals surface area contributed by atoms with Gasteiger partial charge in [-0.15, -0.1) is 11.6 Å². The van der Waals surface area contributed by atoms with Crippen LogP contribution in [0.3, 0.4) is 0 Å². The van der Waals surface area contributed by atoms with E-state index in [0.29, 0.717) is 6.42 Å². The van der Waals surface area contributed by atoms with Crippen molar-refractivity contribution >= 4 is 34.1 Å². The smallest absolute Gasteiger partial charge is 0.156 e. The van der Waals surface area contributed by atoms with E-state index in [1.807, 2.05) is 30.5 Å². The first-order chi connectivity index (χ1) is 7.11. The van der Waals surface area contributed by atoms with Gasteiger partial charge in [-0.05, 0) is 29.1 Å². The molecular weight excluding hydrogens is 233 g/mol. The predicted molar refractivity (Wildman–Crippen MR) is 63.5 cm³/mol. The van der Waals surface area contributed by atoms with Gasteiger partial charge >= 0.3 is 0 Å². The summed E-state index contributed by atoms with van der Waals surface area (Å²) in [6, 6.07) is 7.86. The van der Waals surface area contributed by atoms with Crippen LogP contribution in [0, 0.1) is 0 Å². The van der Waals surface area contributed by atoms with E-state index < -0.39 is 5.06 Å². The van der Waals surface area contributed by atoms with Crippen LogP contribution in [0.1, 0.15) is 5.56 Å². The van der Waals surface area contributed by atoms with Gasteiger partial charge in [0.2, 0.25) is 0 Å². The largest absolute Gasteiger partial charge is 0.373 e. The minimum Gasteiger partial charge on any atom is -0.373 e. The first-order valence-electron chi connectivity index (χ1n) is 4.64. The van der Waals surface area contributed by atoms with Crippen molar-refractivity contribution in [2.75, 3.05) is 5.88 Å². The van der Waals surface area contributed by atoms with Crippen molar-refractivity contribution in [3.8, 4) is 0 Å². The highest BCUT2D eigenvalue weighted by atomic mass is 35.5. The van der Waals surface area contributed by atoms with Gasteiger partial charge in [-0.25, -0.2) is 0 Å². The van der Waals surface area contributed by atoms with E-state index in [1.54, 1.807) is 0 Å². The summed E-state index contributed by atoms with van der Waals surface area (Å²) in [7, 11) is 0. The number of alkyl halides is 2. The number of halogens is 2. The van der Waals surface area contributed by atoms with Gasteiger partial charge in [0.1, 0.15) is 0 Å². The van der Waals surface area contributed by atoms with Crippen molar-refractivity contribution < 1.29 is 5.11 Å². The van der Waals surface area contributed by atoms with E-state index in [-0.39, 0.29) is 5.88 Å². The minimum atomic E-state index is -1.36. The molecule has 2 rings (SSSR count). The summed E-state index contributed by atoms with van der Waals surface area (Å²) in [4.78, 5) is 3.10. The molecule has 0 bridgehead atoms. The van der Waals surface area contributed by atoms with Crippen LogP contribution in [-0.2, 0) is 6.42 Å². The van der Waals surface area contributed by atoms with Gasteiger partial charge in [0.15, 0.2) is 5.06 Å². The Bertz CT molecular complexity index is 464. The van der Waals surface area contributed by atoms with E-state index in [1.165, 1.54) is 0 Å². The second-order valence-corrected chi connectivity index (χ2v) is 4.60. The highest BCUT2D eigenvalue weighted by Crippen LogP contribution is 2.22. The first kappa shape index (κ1) is 10.8. The number of hydrogen-bond acceptors (Lipinski definition) is 1. The van der Waals surface area contributed by atoms with Gasteiger partial charge in [0, 0.05) is 18.1 Å². The van der Waals surface area contributed by atoms with Gasteiger partial charge in [-0.2, -0.15) is 0 Å². The lowest BCUT2D eigenvalue weighted by Crippen LogP contribution is -2.25. The molecule has 2 N–H and O–H groups in total. The molecule has 2 nitrogen and oxygen atoms in total. The summed E-state index contributed by atoms with van der Waals surface area (Å²) in [6.45, 7) is 0. The lowest BCUT2D eigenvalue weighted by Gasteiger charge is -2.17. The SMILES string of the molecule is O[C@@](Cl)(CCl)Cc1ccc2[nH]ccc2c1. The molecule has 0 saturated heterocycles. The Balaban J connectivity index is 2.28. The van der Waals surface area contributed by atoms with Crippen LogP contribution in [-0.4, -0.2) is 21.0 Å². The third-order valence-electron chi connectivity index (χ3n) is 2.30. The van der Waals surface area contributed by atoms with Crippen molar-refractivity contribution in [3.63, 3.8) is 0 Å². The number of hydrogen-bond donors (Lipinski definition) is 2. The van der Waals surface area contributed by atoms with Crippen LogP contribution in [0.2, 0.25) is 0 Å². The van der Waals surface area contributed by atoms with Gasteiger partial charge in [0.25, 0.3) is 0 Å². The van der Waals surface area contributed by atoms with Crippen molar-refractivity contribution in [2.24, 2.45) is 0 Å². The molecule has 0 fully saturated rings. The van der Waals surface area contributed by atoms with Gasteiger partial charge in [0.05, 0.1) is 5.88 Å². The maximum Gasteiger partial charge on any atom is 0.156 e. The number of aromatic amines is 1. The van der Waals surface area contributed by atoms with Crippen molar-refractivity contribution in [3.05, 3.63) is 36.0 Å². The molecule has 0 amide bonds. The van der Waals surface area contributed by atoms with Gasteiger partial charge in [-0.3, -0.25) is 0 Å². The molecule has 0 spiro atoms. The standard InChI is InChI=1S/C11H11Cl2NO/c12-7-11(13,15)6-8-1-2-10-9(5-8)3-4-14-10/h1-5,14-15H,6-7H2/t11-/m1/s1. The zero-order valence-corrected chi connectivity index (χ0v) is 9.52. The number of rotatable bonds is 3. The molecule has 0 aliphatic heterocycles. The molecule has 1 aromatic carbocycles. The number of fused-ring (bicyclic) bond motifs is 1. The van der Waals surface area contributed by atoms with Crippen LogP contribution in [0.15, 0.2) is 30.5 Å². The first-order valence-corrected chi connectivity index (χ1v) is 5.55. The average molecular weight is 244 g/mol. The molecule has 0 unspecified atom stereocenters. The number of nitrogens with one attached hydrogen (secondary N) is 1. The normalized spacial score (nSPS) is 15.4. The predicted octanol–water partition coefficient (Wildman–Crippen LogP) is 2.88. The van der Waals surface area contributed by atoms with E-state index in [2.05, 4.69) is 4.98 Å². The highest BCUT2D eigenvalue weighted by Gasteiger charge is 2.22. The van der Waals surface area contributed by atoms with Crippen LogP contribution >= 0.6 is 23.2 Å². The fourth-order valence-electron chi connectivity index (χ4n) is 1.57.